The van der Waals surface area contributed by atoms with Crippen LogP contribution < -0.4 is 90.6 Å². The van der Waals surface area contributed by atoms with Crippen molar-refractivity contribution in [2.75, 3.05) is 32.0 Å². The van der Waals surface area contributed by atoms with Crippen LogP contribution in [0.1, 0.15) is 157 Å². The average molecular weight is 1880 g/mol. The lowest BCUT2D eigenvalue weighted by molar-refractivity contribution is -0.386. The number of H-pyrrole nitrogens is 1. The van der Waals surface area contributed by atoms with Gasteiger partial charge in [0.05, 0.1) is 56.7 Å². The Balaban J connectivity index is 1.43. The molecular weight excluding hydrogens is 1770 g/mol. The molecule has 2 heterocycles. The number of primary amides is 1. The number of nitro benzene ring substituents is 1. The second kappa shape index (κ2) is 53.9. The maximum absolute atomic E-state index is 15.1. The van der Waals surface area contributed by atoms with Gasteiger partial charge in [0.1, 0.15) is 85.0 Å². The Morgan fingerprint density at radius 2 is 1.16 bits per heavy atom. The van der Waals surface area contributed by atoms with Gasteiger partial charge in [-0.1, -0.05) is 101 Å². The fraction of sp³-hybridized carbons (Fsp3) is 0.465. The Kier molecular flexibility index (Phi) is 43.3. The molecule has 1 aliphatic heterocycles. The van der Waals surface area contributed by atoms with Crippen LogP contribution in [0.4, 0.5) is 15.8 Å². The molecule has 4 aromatic carbocycles. The third-order valence-electron chi connectivity index (χ3n) is 20.9. The summed E-state index contributed by atoms with van der Waals surface area (Å²) in [6.45, 7) is 0.609. The van der Waals surface area contributed by atoms with Crippen LogP contribution in [0.3, 0.4) is 0 Å². The number of rotatable bonds is 42. The van der Waals surface area contributed by atoms with Crippen molar-refractivity contribution in [3.8, 4) is 5.75 Å². The number of hydrogen-bond acceptors (Lipinski definition) is 27. The van der Waals surface area contributed by atoms with E-state index < -0.39 is 278 Å². The fourth-order valence-electron chi connectivity index (χ4n) is 13.8. The quantitative estimate of drug-likeness (QED) is 0.00494. The Hall–Kier alpha value is -15.1. The molecule has 0 spiro atoms. The van der Waals surface area contributed by atoms with Crippen LogP contribution >= 0.6 is 0 Å². The summed E-state index contributed by atoms with van der Waals surface area (Å²) in [5.41, 5.74) is 12.6. The molecule has 14 amide bonds. The number of para-hydroxylation sites is 2. The molecule has 1 aliphatic rings. The first kappa shape index (κ1) is 108. The van der Waals surface area contributed by atoms with E-state index in [-0.39, 0.29) is 56.0 Å². The van der Waals surface area contributed by atoms with Gasteiger partial charge in [0.15, 0.2) is 11.5 Å². The van der Waals surface area contributed by atoms with Crippen molar-refractivity contribution < 1.29 is 140 Å². The summed E-state index contributed by atoms with van der Waals surface area (Å²) in [4.78, 5) is 292. The van der Waals surface area contributed by atoms with Gasteiger partial charge in [-0.25, -0.2) is 9.18 Å². The molecule has 6 rings (SSSR count). The number of aliphatic hydroxyl groups excluding tert-OH is 1. The summed E-state index contributed by atoms with van der Waals surface area (Å²) >= 11 is 0. The zero-order valence-corrected chi connectivity index (χ0v) is 73.5. The minimum atomic E-state index is -2.52. The maximum Gasteiger partial charge on any atom is 0.329 e. The number of nitrogens with two attached hydrogens (primary N) is 2. The van der Waals surface area contributed by atoms with Gasteiger partial charge in [0, 0.05) is 60.2 Å². The van der Waals surface area contributed by atoms with E-state index in [4.69, 9.17) is 20.9 Å². The number of fused-ring (bicyclic) bond motifs is 1. The number of halogens is 1. The number of nitrogens with one attached hydrogen (secondary N) is 15. The van der Waals surface area contributed by atoms with Crippen LogP contribution in [-0.4, -0.2) is 253 Å². The molecule has 0 bridgehead atoms. The molecule has 726 valence electrons. The van der Waals surface area contributed by atoms with Gasteiger partial charge in [-0.05, 0) is 98.7 Å². The second-order valence-electron chi connectivity index (χ2n) is 31.6. The highest BCUT2D eigenvalue weighted by molar-refractivity contribution is 6.05. The zero-order valence-electron chi connectivity index (χ0n) is 73.5. The van der Waals surface area contributed by atoms with E-state index in [1.54, 1.807) is 30.5 Å². The monoisotopic (exact) mass is 1880 g/mol. The van der Waals surface area contributed by atoms with Gasteiger partial charge in [-0.15, -0.1) is 0 Å². The van der Waals surface area contributed by atoms with Gasteiger partial charge in [0.2, 0.25) is 82.7 Å². The van der Waals surface area contributed by atoms with E-state index in [1.165, 1.54) is 54.6 Å². The molecule has 5 aromatic rings. The number of ketones is 1. The predicted octanol–water partition coefficient (Wildman–Crippen LogP) is -2.16. The number of cyclic esters (lactones) is 1. The standard InChI is InChI=1S/C86H111FN18O29/c1-5-6-7-8-9-10-11-22-67(109)96-56(32-49-39-91-54-20-15-13-17-51(49)54)80(124)99-57(34-66(89)108)81(125)101-60(37-73(118)119)82(126)104-75-46(4)134-86(130)61(33-64(107)52-18-12-14-19-53(52)88)102-85(129)74(44(2)30-70(112)113)103-83(127)62(42-106)97-69(111)40-92-77(121)58(35-71(114)115)98-76(120)45(3)94-79(123)59(36-72(116)117)100-78(122)55(95-68(110)41-93-84(75)128)21-16-29-90-38-48-25-28-65(63(31-48)105(131)132)133-43-47-23-26-50(87)27-24-47/h12-15,17-20,23-28,31,39,44-46,55-62,74-75,90-91,106H,5-11,16,21-22,29-30,32-38,40-43,88H2,1-4H3,(H2,89,108)(H,92,121)(H,93,128)(H,94,123)(H,95,110)(H,96,109)(H,97,111)(H,98,120)(H,99,124)(H,100,122)(H,101,125)(H,102,129)(H,103,127)(H,104,126)(H,112,113)(H,114,115)(H,116,117)(H,118,119). The SMILES string of the molecule is CCCCCCCCCC(=O)NC(Cc1c[nH]c2ccccc12)C(=O)NC(CC(N)=O)C(=O)NC(CC(=O)O)C(=O)NC1C(=O)NCC(=O)NC(CCCNCc2ccc(OCc3ccc(F)cc3)c([N+](=O)[O-])c2)C(=O)NC(CC(=O)O)C(=O)NC(C)C(=O)NC(CC(=O)O)C(=O)NCC(=O)NC(CO)C(=O)NC(C(C)CC(=O)O)C(=O)NC(CC(=O)c2ccccc2N)C(=O)OC1C. The van der Waals surface area contributed by atoms with Crippen molar-refractivity contribution in [3.05, 3.63) is 135 Å². The van der Waals surface area contributed by atoms with Crippen molar-refractivity contribution in [2.45, 2.75) is 223 Å². The van der Waals surface area contributed by atoms with E-state index in [0.29, 0.717) is 40.4 Å². The predicted molar refractivity (Wildman–Crippen MR) is 467 cm³/mol. The number of amides is 14. The molecule has 24 N–H and O–H groups in total. The summed E-state index contributed by atoms with van der Waals surface area (Å²) in [5.74, 6) is -31.3. The van der Waals surface area contributed by atoms with Crippen LogP contribution in [-0.2, 0) is 115 Å². The lowest BCUT2D eigenvalue weighted by atomic mass is 9.96. The van der Waals surface area contributed by atoms with Crippen molar-refractivity contribution in [1.29, 1.82) is 0 Å². The number of carbonyl (C=O) groups is 20. The number of aliphatic hydroxyl groups is 1. The number of nitrogens with zero attached hydrogens (tertiary/aromatic N) is 1. The number of aromatic nitrogens is 1. The van der Waals surface area contributed by atoms with Crippen molar-refractivity contribution in [3.63, 3.8) is 0 Å². The number of aliphatic carboxylic acids is 4. The highest BCUT2D eigenvalue weighted by Crippen LogP contribution is 2.30. The van der Waals surface area contributed by atoms with Gasteiger partial charge in [-0.2, -0.15) is 0 Å². The van der Waals surface area contributed by atoms with Crippen LogP contribution in [0.2, 0.25) is 0 Å². The minimum Gasteiger partial charge on any atom is -0.482 e. The minimum absolute atomic E-state index is 0.0423. The summed E-state index contributed by atoms with van der Waals surface area (Å²) < 4.78 is 25.0. The number of nitrogen functional groups attached to an aromatic ring is 1. The van der Waals surface area contributed by atoms with E-state index in [1.807, 2.05) is 16.0 Å². The molecule has 0 saturated carbocycles. The van der Waals surface area contributed by atoms with Crippen molar-refractivity contribution in [1.82, 2.24) is 79.4 Å². The first-order valence-corrected chi connectivity index (χ1v) is 42.7. The molecule has 47 nitrogen and oxygen atoms in total. The third-order valence-corrected chi connectivity index (χ3v) is 20.9. The number of hydrogen-bond donors (Lipinski definition) is 22. The highest BCUT2D eigenvalue weighted by Gasteiger charge is 2.42. The number of anilines is 1. The van der Waals surface area contributed by atoms with Crippen LogP contribution in [0, 0.1) is 21.8 Å². The summed E-state index contributed by atoms with van der Waals surface area (Å²) in [5, 5.41) is 94.7. The molecule has 0 radical (unpaired) electrons. The molecule has 0 aliphatic carbocycles. The molecule has 134 heavy (non-hydrogen) atoms. The second-order valence-corrected chi connectivity index (χ2v) is 31.6. The van der Waals surface area contributed by atoms with E-state index in [2.05, 4.69) is 70.4 Å². The fourth-order valence-corrected chi connectivity index (χ4v) is 13.8. The Bertz CT molecular complexity index is 5090. The smallest absolute Gasteiger partial charge is 0.329 e. The van der Waals surface area contributed by atoms with E-state index in [9.17, 15) is 126 Å². The van der Waals surface area contributed by atoms with Gasteiger partial charge in [-0.3, -0.25) is 101 Å². The Morgan fingerprint density at radius 3 is 1.78 bits per heavy atom. The molecular formula is C86H111FN18O29. The zero-order chi connectivity index (χ0) is 99.0. The number of esters is 1. The molecule has 13 unspecified atom stereocenters. The number of nitro groups is 1. The first-order valence-electron chi connectivity index (χ1n) is 42.7. The normalized spacial score (nSPS) is 19.8. The van der Waals surface area contributed by atoms with Crippen molar-refractivity contribution in [2.24, 2.45) is 11.7 Å². The average Bonchev–Trinajstić information content (AvgIpc) is 1.64. The van der Waals surface area contributed by atoms with Gasteiger partial charge < -0.3 is 126 Å². The topological polar surface area (TPSA) is 740 Å². The third kappa shape index (κ3) is 36.0. The lowest BCUT2D eigenvalue weighted by Crippen LogP contribution is -2.62. The molecule has 48 heteroatoms. The summed E-state index contributed by atoms with van der Waals surface area (Å²) in [6, 6.07) is -2.31. The largest absolute Gasteiger partial charge is 0.482 e. The Morgan fingerprint density at radius 1 is 0.590 bits per heavy atom. The van der Waals surface area contributed by atoms with Gasteiger partial charge >= 0.3 is 35.5 Å². The van der Waals surface area contributed by atoms with Crippen LogP contribution in [0.5, 0.6) is 5.75 Å². The summed E-state index contributed by atoms with van der Waals surface area (Å²) in [7, 11) is 0. The molecule has 1 saturated heterocycles. The van der Waals surface area contributed by atoms with Crippen LogP contribution in [0.25, 0.3) is 10.9 Å². The van der Waals surface area contributed by atoms with Crippen LogP contribution in [0.15, 0.2) is 97.2 Å². The number of benzene rings is 4. The number of aromatic amines is 1. The number of carboxylic acid groups (broad SMARTS) is 4. The number of ether oxygens (including phenoxy) is 2. The highest BCUT2D eigenvalue weighted by atomic mass is 19.1. The molecule has 1 aromatic heterocycles. The number of Topliss-reactive ketones (excluding diaryl/α,β-unsaturated/α-hetero) is 1. The summed E-state index contributed by atoms with van der Waals surface area (Å²) in [6.07, 6.45) is -3.07. The van der Waals surface area contributed by atoms with Gasteiger partial charge in [0.25, 0.3) is 0 Å². The lowest BCUT2D eigenvalue weighted by Gasteiger charge is -2.30. The number of carbonyl (C=O) groups excluding carboxylic acids is 16. The maximum atomic E-state index is 15.1. The number of carboxylic acids is 4. The molecule has 1 fully saturated rings. The van der Waals surface area contributed by atoms with E-state index in [0.717, 1.165) is 65.0 Å². The first-order chi connectivity index (χ1) is 63.5. The van der Waals surface area contributed by atoms with Crippen molar-refractivity contribution >= 4 is 141 Å². The van der Waals surface area contributed by atoms with E-state index >= 15 is 9.59 Å². The Labute approximate surface area is 764 Å². The number of unbranched alkanes of at least 4 members (excludes halogenated alkanes) is 6. The molecule has 13 atom stereocenters.